The van der Waals surface area contributed by atoms with E-state index in [9.17, 15) is 4.79 Å². The van der Waals surface area contributed by atoms with E-state index >= 15 is 0 Å². The van der Waals surface area contributed by atoms with Crippen LogP contribution in [0.25, 0.3) is 0 Å². The van der Waals surface area contributed by atoms with Crippen LogP contribution in [0.3, 0.4) is 0 Å². The van der Waals surface area contributed by atoms with Crippen LogP contribution in [-0.4, -0.2) is 20.7 Å². The minimum atomic E-state index is 0.181. The number of hydrogen-bond acceptors (Lipinski definition) is 3. The second-order valence-electron chi connectivity index (χ2n) is 5.42. The van der Waals surface area contributed by atoms with Crippen LogP contribution < -0.4 is 5.32 Å². The first-order valence-corrected chi connectivity index (χ1v) is 6.95. The van der Waals surface area contributed by atoms with Gasteiger partial charge in [0, 0.05) is 13.0 Å². The van der Waals surface area contributed by atoms with Gasteiger partial charge in [-0.15, -0.1) is 0 Å². The minimum Gasteiger partial charge on any atom is -0.349 e. The molecule has 2 saturated carbocycles. The molecule has 6 heteroatoms. The first kappa shape index (κ1) is 11.9. The summed E-state index contributed by atoms with van der Waals surface area (Å²) in [6.45, 7) is 0.455. The van der Waals surface area contributed by atoms with Gasteiger partial charge in [-0.05, 0) is 30.5 Å². The van der Waals surface area contributed by atoms with Gasteiger partial charge in [0.2, 0.25) is 5.91 Å². The Kier molecular flexibility index (Phi) is 2.97. The summed E-state index contributed by atoms with van der Waals surface area (Å²) in [6, 6.07) is 0. The van der Waals surface area contributed by atoms with Crippen molar-refractivity contribution in [1.82, 2.24) is 20.1 Å². The number of carbonyl (C=O) groups excluding carboxylic acids is 1. The zero-order chi connectivity index (χ0) is 12.7. The lowest BCUT2D eigenvalue weighted by Gasteiger charge is -2.25. The Morgan fingerprint density at radius 1 is 1.61 bits per heavy atom. The van der Waals surface area contributed by atoms with E-state index in [2.05, 4.69) is 15.5 Å². The van der Waals surface area contributed by atoms with Crippen molar-refractivity contribution in [2.45, 2.75) is 32.2 Å². The van der Waals surface area contributed by atoms with Gasteiger partial charge < -0.3 is 9.88 Å². The summed E-state index contributed by atoms with van der Waals surface area (Å²) in [6.07, 6.45) is 5.07. The summed E-state index contributed by atoms with van der Waals surface area (Å²) < 4.78 is 2.37. The van der Waals surface area contributed by atoms with Crippen molar-refractivity contribution >= 4 is 18.1 Å². The summed E-state index contributed by atoms with van der Waals surface area (Å²) in [5.41, 5.74) is 0. The van der Waals surface area contributed by atoms with Crippen molar-refractivity contribution in [2.24, 2.45) is 24.8 Å². The Hall–Kier alpha value is -1.17. The third-order valence-electron chi connectivity index (χ3n) is 4.33. The Morgan fingerprint density at radius 3 is 2.94 bits per heavy atom. The quantitative estimate of drug-likeness (QED) is 0.812. The summed E-state index contributed by atoms with van der Waals surface area (Å²) >= 11 is 5.03. The minimum absolute atomic E-state index is 0.181. The normalized spacial score (nSPS) is 26.7. The van der Waals surface area contributed by atoms with Gasteiger partial charge in [-0.1, -0.05) is 19.3 Å². The van der Waals surface area contributed by atoms with Gasteiger partial charge in [-0.25, -0.2) is 0 Å². The molecule has 0 radical (unpaired) electrons. The number of H-pyrrole nitrogens is 1. The fraction of sp³-hybridized carbons (Fsp3) is 0.750. The predicted molar refractivity (Wildman–Crippen MR) is 69.2 cm³/mol. The fourth-order valence-electron chi connectivity index (χ4n) is 2.74. The number of hydrogen-bond donors (Lipinski definition) is 2. The molecule has 1 aromatic heterocycles. The molecule has 0 saturated heterocycles. The molecule has 0 aromatic carbocycles. The van der Waals surface area contributed by atoms with Crippen LogP contribution in [0.1, 0.15) is 31.5 Å². The molecule has 18 heavy (non-hydrogen) atoms. The van der Waals surface area contributed by atoms with Crippen molar-refractivity contribution in [2.75, 3.05) is 0 Å². The van der Waals surface area contributed by atoms with Crippen LogP contribution >= 0.6 is 12.2 Å². The molecule has 2 fully saturated rings. The first-order valence-electron chi connectivity index (χ1n) is 6.55. The van der Waals surface area contributed by atoms with Gasteiger partial charge >= 0.3 is 0 Å². The summed E-state index contributed by atoms with van der Waals surface area (Å²) in [7, 11) is 1.85. The van der Waals surface area contributed by atoms with Crippen LogP contribution in [-0.2, 0) is 18.4 Å². The number of nitrogens with zero attached hydrogens (tertiary/aromatic N) is 2. The third-order valence-corrected chi connectivity index (χ3v) is 4.69. The molecule has 0 spiro atoms. The summed E-state index contributed by atoms with van der Waals surface area (Å²) in [4.78, 5) is 12.0. The highest BCUT2D eigenvalue weighted by Crippen LogP contribution is 2.51. The van der Waals surface area contributed by atoms with Crippen LogP contribution in [0.4, 0.5) is 0 Å². The maximum absolute atomic E-state index is 12.0. The monoisotopic (exact) mass is 266 g/mol. The van der Waals surface area contributed by atoms with Crippen molar-refractivity contribution in [3.63, 3.8) is 0 Å². The Bertz CT molecular complexity index is 516. The standard InChI is InChI=1S/C12H18N4OS/c1-16-10(14-15-12(16)18)6-13-11(17)9-5-8(9)7-3-2-4-7/h7-9H,2-6H2,1H3,(H,13,17)(H,15,18)/t8-,9-/m1/s1. The second-order valence-corrected chi connectivity index (χ2v) is 5.81. The summed E-state index contributed by atoms with van der Waals surface area (Å²) in [5, 5.41) is 9.75. The molecular weight excluding hydrogens is 248 g/mol. The van der Waals surface area contributed by atoms with E-state index in [1.807, 2.05) is 7.05 Å². The van der Waals surface area contributed by atoms with E-state index in [0.29, 0.717) is 17.2 Å². The average molecular weight is 266 g/mol. The number of aromatic amines is 1. The van der Waals surface area contributed by atoms with Gasteiger partial charge in [0.05, 0.1) is 6.54 Å². The highest BCUT2D eigenvalue weighted by Gasteiger charge is 2.48. The molecule has 0 bridgehead atoms. The SMILES string of the molecule is Cn1c(CNC(=O)[C@@H]2C[C@@H]2C2CCC2)n[nH]c1=S. The first-order chi connectivity index (χ1) is 8.66. The van der Waals surface area contributed by atoms with E-state index in [1.165, 1.54) is 19.3 Å². The van der Waals surface area contributed by atoms with Crippen molar-refractivity contribution in [3.8, 4) is 0 Å². The van der Waals surface area contributed by atoms with Gasteiger partial charge in [0.1, 0.15) is 0 Å². The highest BCUT2D eigenvalue weighted by molar-refractivity contribution is 7.71. The zero-order valence-electron chi connectivity index (χ0n) is 10.5. The molecule has 1 aromatic rings. The van der Waals surface area contributed by atoms with Crippen LogP contribution in [0.5, 0.6) is 0 Å². The molecule has 2 aliphatic rings. The number of rotatable bonds is 4. The van der Waals surface area contributed by atoms with Gasteiger partial charge in [0.25, 0.3) is 0 Å². The van der Waals surface area contributed by atoms with Crippen molar-refractivity contribution in [1.29, 1.82) is 0 Å². The second kappa shape index (κ2) is 4.50. The lowest BCUT2D eigenvalue weighted by Crippen LogP contribution is -2.28. The van der Waals surface area contributed by atoms with E-state index < -0.39 is 0 Å². The zero-order valence-corrected chi connectivity index (χ0v) is 11.3. The molecule has 0 unspecified atom stereocenters. The largest absolute Gasteiger partial charge is 0.349 e. The smallest absolute Gasteiger partial charge is 0.223 e. The van der Waals surface area contributed by atoms with Gasteiger partial charge in [0.15, 0.2) is 10.6 Å². The maximum Gasteiger partial charge on any atom is 0.223 e. The molecule has 1 amide bonds. The fourth-order valence-corrected chi connectivity index (χ4v) is 2.89. The molecule has 0 aliphatic heterocycles. The number of nitrogens with one attached hydrogen (secondary N) is 2. The molecule has 1 heterocycles. The molecular formula is C12H18N4OS. The topological polar surface area (TPSA) is 62.7 Å². The van der Waals surface area contributed by atoms with Crippen LogP contribution in [0.15, 0.2) is 0 Å². The molecule has 5 nitrogen and oxygen atoms in total. The number of aromatic nitrogens is 3. The molecule has 2 aliphatic carbocycles. The van der Waals surface area contributed by atoms with Crippen molar-refractivity contribution < 1.29 is 4.79 Å². The average Bonchev–Trinajstić information content (AvgIpc) is 2.98. The Balaban J connectivity index is 1.50. The number of carbonyl (C=O) groups is 1. The molecule has 3 rings (SSSR count). The highest BCUT2D eigenvalue weighted by atomic mass is 32.1. The van der Waals surface area contributed by atoms with Crippen LogP contribution in [0.2, 0.25) is 0 Å². The Labute approximate surface area is 111 Å². The predicted octanol–water partition coefficient (Wildman–Crippen LogP) is 1.53. The van der Waals surface area contributed by atoms with E-state index in [4.69, 9.17) is 12.2 Å². The van der Waals surface area contributed by atoms with E-state index in [1.54, 1.807) is 4.57 Å². The molecule has 2 N–H and O–H groups in total. The van der Waals surface area contributed by atoms with E-state index in [0.717, 1.165) is 18.2 Å². The lowest BCUT2D eigenvalue weighted by atomic mass is 9.81. The maximum atomic E-state index is 12.0. The number of amides is 1. The lowest BCUT2D eigenvalue weighted by molar-refractivity contribution is -0.123. The van der Waals surface area contributed by atoms with Crippen molar-refractivity contribution in [3.05, 3.63) is 10.6 Å². The Morgan fingerprint density at radius 2 is 2.39 bits per heavy atom. The third kappa shape index (κ3) is 2.09. The van der Waals surface area contributed by atoms with E-state index in [-0.39, 0.29) is 11.8 Å². The van der Waals surface area contributed by atoms with Gasteiger partial charge in [-0.3, -0.25) is 9.89 Å². The summed E-state index contributed by atoms with van der Waals surface area (Å²) in [5.74, 6) is 2.68. The molecule has 2 atom stereocenters. The molecule has 98 valence electrons. The van der Waals surface area contributed by atoms with Crippen LogP contribution in [0, 0.1) is 22.5 Å². The van der Waals surface area contributed by atoms with Gasteiger partial charge in [-0.2, -0.15) is 5.10 Å².